The Kier molecular flexibility index (Phi) is 4.34. The normalized spacial score (nSPS) is 24.7. The average Bonchev–Trinajstić information content (AvgIpc) is 2.54. The fraction of sp³-hybridized carbons (Fsp3) is 0.562. The minimum Gasteiger partial charge on any atom is -0.335 e. The Labute approximate surface area is 134 Å². The van der Waals surface area contributed by atoms with Gasteiger partial charge in [0.15, 0.2) is 0 Å². The molecule has 1 aromatic rings. The van der Waals surface area contributed by atoms with Crippen LogP contribution in [0.1, 0.15) is 48.9 Å². The molecule has 0 aromatic heterocycles. The summed E-state index contributed by atoms with van der Waals surface area (Å²) in [7, 11) is 0. The Morgan fingerprint density at radius 1 is 1.23 bits per heavy atom. The molecule has 2 aliphatic rings. The van der Waals surface area contributed by atoms with Crippen molar-refractivity contribution < 1.29 is 9.72 Å². The number of hydrogen-bond acceptors (Lipinski definition) is 3. The first kappa shape index (κ1) is 15.3. The zero-order chi connectivity index (χ0) is 15.7. The molecule has 1 heterocycles. The van der Waals surface area contributed by atoms with E-state index in [2.05, 4.69) is 0 Å². The molecule has 1 aromatic carbocycles. The molecule has 3 rings (SSSR count). The monoisotopic (exact) mass is 322 g/mol. The van der Waals surface area contributed by atoms with Gasteiger partial charge in [-0.2, -0.15) is 0 Å². The quantitative estimate of drug-likeness (QED) is 0.609. The number of non-ortho nitro benzene ring substituents is 1. The highest BCUT2D eigenvalue weighted by Crippen LogP contribution is 2.36. The molecule has 1 aliphatic carbocycles. The van der Waals surface area contributed by atoms with Crippen molar-refractivity contribution in [2.45, 2.75) is 44.6 Å². The van der Waals surface area contributed by atoms with Crippen molar-refractivity contribution in [2.24, 2.45) is 5.92 Å². The maximum Gasteiger partial charge on any atom is 0.270 e. The van der Waals surface area contributed by atoms with Crippen LogP contribution in [0.4, 0.5) is 5.69 Å². The number of nitro groups is 1. The lowest BCUT2D eigenvalue weighted by molar-refractivity contribution is -0.384. The zero-order valence-electron chi connectivity index (χ0n) is 12.3. The van der Waals surface area contributed by atoms with Gasteiger partial charge in [-0.25, -0.2) is 0 Å². The Hall–Kier alpha value is -1.62. The molecule has 1 saturated carbocycles. The van der Waals surface area contributed by atoms with Crippen LogP contribution >= 0.6 is 11.6 Å². The largest absolute Gasteiger partial charge is 0.335 e. The number of piperidine rings is 1. The van der Waals surface area contributed by atoms with E-state index in [0.717, 1.165) is 25.8 Å². The molecule has 118 valence electrons. The van der Waals surface area contributed by atoms with Crippen LogP contribution in [0.25, 0.3) is 0 Å². The van der Waals surface area contributed by atoms with E-state index in [4.69, 9.17) is 11.6 Å². The summed E-state index contributed by atoms with van der Waals surface area (Å²) in [6.07, 6.45) is 6.77. The van der Waals surface area contributed by atoms with Gasteiger partial charge in [-0.05, 0) is 37.7 Å². The summed E-state index contributed by atoms with van der Waals surface area (Å²) in [5.74, 6) is 0.411. The van der Waals surface area contributed by atoms with Gasteiger partial charge in [-0.3, -0.25) is 14.9 Å². The van der Waals surface area contributed by atoms with Crippen molar-refractivity contribution >= 4 is 23.2 Å². The number of nitro benzene ring substituents is 1. The summed E-state index contributed by atoms with van der Waals surface area (Å²) in [4.78, 5) is 25.2. The smallest absolute Gasteiger partial charge is 0.270 e. The van der Waals surface area contributed by atoms with Gasteiger partial charge >= 0.3 is 0 Å². The van der Waals surface area contributed by atoms with Crippen LogP contribution < -0.4 is 0 Å². The molecule has 2 atom stereocenters. The van der Waals surface area contributed by atoms with Crippen molar-refractivity contribution in [3.63, 3.8) is 0 Å². The minimum atomic E-state index is -0.493. The van der Waals surface area contributed by atoms with Crippen molar-refractivity contribution in [1.29, 1.82) is 0 Å². The third kappa shape index (κ3) is 2.82. The number of rotatable bonds is 2. The van der Waals surface area contributed by atoms with E-state index in [1.54, 1.807) is 0 Å². The number of likely N-dealkylation sites (tertiary alicyclic amines) is 1. The lowest BCUT2D eigenvalue weighted by Gasteiger charge is -2.44. The summed E-state index contributed by atoms with van der Waals surface area (Å²) in [5, 5.41) is 11.2. The fourth-order valence-corrected chi connectivity index (χ4v) is 4.02. The number of carbonyl (C=O) groups is 1. The number of nitrogens with zero attached hydrogens (tertiary/aromatic N) is 2. The van der Waals surface area contributed by atoms with Crippen molar-refractivity contribution in [2.75, 3.05) is 6.54 Å². The number of halogens is 1. The van der Waals surface area contributed by atoms with Crippen LogP contribution in [-0.4, -0.2) is 28.3 Å². The maximum atomic E-state index is 12.9. The first-order valence-electron chi connectivity index (χ1n) is 7.83. The van der Waals surface area contributed by atoms with Crippen LogP contribution in [0.15, 0.2) is 18.2 Å². The summed E-state index contributed by atoms with van der Waals surface area (Å²) in [6.45, 7) is 0.721. The van der Waals surface area contributed by atoms with Crippen LogP contribution in [0.5, 0.6) is 0 Å². The fourth-order valence-electron chi connectivity index (χ4n) is 3.82. The van der Waals surface area contributed by atoms with E-state index in [-0.39, 0.29) is 28.2 Å². The molecule has 1 aliphatic heterocycles. The highest BCUT2D eigenvalue weighted by Gasteiger charge is 2.36. The SMILES string of the molecule is O=C(c1cc([N+](=O)[O-])ccc1Cl)N1CCCC2CCCCC21. The molecule has 2 unspecified atom stereocenters. The second-order valence-corrected chi connectivity index (χ2v) is 6.58. The molecule has 6 heteroatoms. The summed E-state index contributed by atoms with van der Waals surface area (Å²) in [6, 6.07) is 4.34. The first-order valence-corrected chi connectivity index (χ1v) is 8.20. The lowest BCUT2D eigenvalue weighted by Crippen LogP contribution is -2.49. The van der Waals surface area contributed by atoms with Gasteiger partial charge in [0, 0.05) is 24.7 Å². The molecule has 0 spiro atoms. The van der Waals surface area contributed by atoms with Gasteiger partial charge in [-0.1, -0.05) is 24.4 Å². The molecular weight excluding hydrogens is 304 g/mol. The highest BCUT2D eigenvalue weighted by atomic mass is 35.5. The van der Waals surface area contributed by atoms with Gasteiger partial charge in [0.05, 0.1) is 15.5 Å². The van der Waals surface area contributed by atoms with Crippen molar-refractivity contribution in [3.05, 3.63) is 38.9 Å². The highest BCUT2D eigenvalue weighted by molar-refractivity contribution is 6.33. The van der Waals surface area contributed by atoms with E-state index >= 15 is 0 Å². The molecule has 0 N–H and O–H groups in total. The van der Waals surface area contributed by atoms with Gasteiger partial charge < -0.3 is 4.90 Å². The Morgan fingerprint density at radius 2 is 1.95 bits per heavy atom. The van der Waals surface area contributed by atoms with Crippen LogP contribution in [0.2, 0.25) is 5.02 Å². The molecule has 0 bridgehead atoms. The molecule has 0 radical (unpaired) electrons. The standard InChI is InChI=1S/C16H19ClN2O3/c17-14-8-7-12(19(21)22)10-13(14)16(20)18-9-3-5-11-4-1-2-6-15(11)18/h7-8,10-11,15H,1-6,9H2. The van der Waals surface area contributed by atoms with Gasteiger partial charge in [0.25, 0.3) is 11.6 Å². The van der Waals surface area contributed by atoms with Crippen LogP contribution in [-0.2, 0) is 0 Å². The first-order chi connectivity index (χ1) is 10.6. The van der Waals surface area contributed by atoms with Crippen molar-refractivity contribution in [3.8, 4) is 0 Å². The topological polar surface area (TPSA) is 63.4 Å². The summed E-state index contributed by atoms with van der Waals surface area (Å²) < 4.78 is 0. The molecule has 22 heavy (non-hydrogen) atoms. The predicted octanol–water partition coefficient (Wildman–Crippen LogP) is 4.04. The molecule has 2 fully saturated rings. The molecule has 1 saturated heterocycles. The second-order valence-electron chi connectivity index (χ2n) is 6.17. The van der Waals surface area contributed by atoms with Crippen LogP contribution in [0, 0.1) is 16.0 Å². The zero-order valence-corrected chi connectivity index (χ0v) is 13.1. The van der Waals surface area contributed by atoms with Gasteiger partial charge in [0.2, 0.25) is 0 Å². The summed E-state index contributed by atoms with van der Waals surface area (Å²) in [5.41, 5.74) is 0.159. The van der Waals surface area contributed by atoms with Gasteiger partial charge in [-0.15, -0.1) is 0 Å². The third-order valence-electron chi connectivity index (χ3n) is 4.90. The molecule has 1 amide bonds. The number of fused-ring (bicyclic) bond motifs is 1. The molecule has 5 nitrogen and oxygen atoms in total. The van der Waals surface area contributed by atoms with Crippen LogP contribution in [0.3, 0.4) is 0 Å². The second kappa shape index (κ2) is 6.24. The van der Waals surface area contributed by atoms with E-state index < -0.39 is 4.92 Å². The molecular formula is C16H19ClN2O3. The third-order valence-corrected chi connectivity index (χ3v) is 5.22. The Morgan fingerprint density at radius 3 is 2.73 bits per heavy atom. The predicted molar refractivity (Wildman–Crippen MR) is 84.1 cm³/mol. The lowest BCUT2D eigenvalue weighted by atomic mass is 9.78. The summed E-state index contributed by atoms with van der Waals surface area (Å²) >= 11 is 6.12. The van der Waals surface area contributed by atoms with E-state index in [1.165, 1.54) is 37.5 Å². The number of amides is 1. The van der Waals surface area contributed by atoms with E-state index in [9.17, 15) is 14.9 Å². The number of hydrogen-bond donors (Lipinski definition) is 0. The Balaban J connectivity index is 1.89. The number of carbonyl (C=O) groups excluding carboxylic acids is 1. The average molecular weight is 323 g/mol. The number of benzene rings is 1. The van der Waals surface area contributed by atoms with Crippen molar-refractivity contribution in [1.82, 2.24) is 4.90 Å². The maximum absolute atomic E-state index is 12.9. The minimum absolute atomic E-state index is 0.0926. The van der Waals surface area contributed by atoms with Gasteiger partial charge in [0.1, 0.15) is 0 Å². The van der Waals surface area contributed by atoms with E-state index in [0.29, 0.717) is 5.92 Å². The van der Waals surface area contributed by atoms with E-state index in [1.807, 2.05) is 4.90 Å². The Bertz CT molecular complexity index is 603.